The Bertz CT molecular complexity index is 705. The SMILES string of the molecule is NC(=O)CCNS(=O)(=O)c1cccc2ccccc12. The quantitative estimate of drug-likeness (QED) is 0.854. The number of benzene rings is 2. The molecule has 2 aromatic rings. The van der Waals surface area contributed by atoms with Crippen LogP contribution in [0.1, 0.15) is 6.42 Å². The summed E-state index contributed by atoms with van der Waals surface area (Å²) in [5.74, 6) is -0.541. The van der Waals surface area contributed by atoms with E-state index in [2.05, 4.69) is 4.72 Å². The molecule has 100 valence electrons. The zero-order valence-electron chi connectivity index (χ0n) is 10.2. The maximum absolute atomic E-state index is 12.2. The first-order valence-electron chi connectivity index (χ1n) is 5.76. The van der Waals surface area contributed by atoms with Gasteiger partial charge in [0.05, 0.1) is 4.90 Å². The van der Waals surface area contributed by atoms with Gasteiger partial charge >= 0.3 is 0 Å². The van der Waals surface area contributed by atoms with Gasteiger partial charge in [-0.25, -0.2) is 13.1 Å². The number of primary amides is 1. The Balaban J connectivity index is 2.35. The van der Waals surface area contributed by atoms with Gasteiger partial charge in [-0.3, -0.25) is 4.79 Å². The van der Waals surface area contributed by atoms with E-state index in [1.54, 1.807) is 18.2 Å². The molecule has 0 aliphatic carbocycles. The molecule has 0 atom stereocenters. The van der Waals surface area contributed by atoms with Crippen LogP contribution in [0.2, 0.25) is 0 Å². The number of nitrogens with one attached hydrogen (secondary N) is 1. The molecule has 2 aromatic carbocycles. The predicted molar refractivity (Wildman–Crippen MR) is 72.9 cm³/mol. The number of carbonyl (C=O) groups is 1. The van der Waals surface area contributed by atoms with Crippen LogP contribution in [0.15, 0.2) is 47.4 Å². The summed E-state index contributed by atoms with van der Waals surface area (Å²) >= 11 is 0. The van der Waals surface area contributed by atoms with Crippen LogP contribution in [0.4, 0.5) is 0 Å². The van der Waals surface area contributed by atoms with Crippen LogP contribution in [-0.2, 0) is 14.8 Å². The fraction of sp³-hybridized carbons (Fsp3) is 0.154. The van der Waals surface area contributed by atoms with Gasteiger partial charge in [-0.2, -0.15) is 0 Å². The zero-order chi connectivity index (χ0) is 13.9. The van der Waals surface area contributed by atoms with E-state index in [1.807, 2.05) is 18.2 Å². The molecule has 0 saturated heterocycles. The molecular formula is C13H14N2O3S. The third-order valence-corrected chi connectivity index (χ3v) is 4.22. The van der Waals surface area contributed by atoms with Gasteiger partial charge in [0.2, 0.25) is 15.9 Å². The highest BCUT2D eigenvalue weighted by molar-refractivity contribution is 7.89. The smallest absolute Gasteiger partial charge is 0.241 e. The lowest BCUT2D eigenvalue weighted by atomic mass is 10.1. The van der Waals surface area contributed by atoms with Crippen LogP contribution in [0, 0.1) is 0 Å². The number of nitrogens with two attached hydrogens (primary N) is 1. The molecule has 3 N–H and O–H groups in total. The fourth-order valence-electron chi connectivity index (χ4n) is 1.82. The summed E-state index contributed by atoms with van der Waals surface area (Å²) in [6, 6.07) is 12.3. The molecule has 0 radical (unpaired) electrons. The van der Waals surface area contributed by atoms with Crippen molar-refractivity contribution < 1.29 is 13.2 Å². The highest BCUT2D eigenvalue weighted by atomic mass is 32.2. The molecular weight excluding hydrogens is 264 g/mol. The minimum atomic E-state index is -3.64. The summed E-state index contributed by atoms with van der Waals surface area (Å²) in [5.41, 5.74) is 4.98. The molecule has 0 saturated carbocycles. The second-order valence-electron chi connectivity index (χ2n) is 4.09. The van der Waals surface area contributed by atoms with E-state index < -0.39 is 15.9 Å². The monoisotopic (exact) mass is 278 g/mol. The standard InChI is InChI=1S/C13H14N2O3S/c14-13(16)8-9-15-19(17,18)12-7-3-5-10-4-1-2-6-11(10)12/h1-7,15H,8-9H2,(H2,14,16). The largest absolute Gasteiger partial charge is 0.370 e. The topological polar surface area (TPSA) is 89.3 Å². The van der Waals surface area contributed by atoms with Crippen molar-refractivity contribution in [2.45, 2.75) is 11.3 Å². The molecule has 0 aliphatic rings. The van der Waals surface area contributed by atoms with E-state index >= 15 is 0 Å². The maximum Gasteiger partial charge on any atom is 0.241 e. The third-order valence-electron chi connectivity index (χ3n) is 2.70. The van der Waals surface area contributed by atoms with Crippen molar-refractivity contribution in [1.29, 1.82) is 0 Å². The minimum absolute atomic E-state index is 0.000881. The van der Waals surface area contributed by atoms with Crippen LogP contribution in [0.5, 0.6) is 0 Å². The first-order valence-corrected chi connectivity index (χ1v) is 7.25. The van der Waals surface area contributed by atoms with Gasteiger partial charge < -0.3 is 5.73 Å². The number of hydrogen-bond acceptors (Lipinski definition) is 3. The molecule has 2 rings (SSSR count). The highest BCUT2D eigenvalue weighted by Gasteiger charge is 2.16. The van der Waals surface area contributed by atoms with Gasteiger partial charge in [-0.05, 0) is 11.5 Å². The van der Waals surface area contributed by atoms with Crippen LogP contribution >= 0.6 is 0 Å². The van der Waals surface area contributed by atoms with E-state index in [-0.39, 0.29) is 17.9 Å². The second-order valence-corrected chi connectivity index (χ2v) is 5.83. The molecule has 0 bridgehead atoms. The minimum Gasteiger partial charge on any atom is -0.370 e. The Morgan fingerprint density at radius 3 is 2.53 bits per heavy atom. The van der Waals surface area contributed by atoms with Crippen molar-refractivity contribution >= 4 is 26.7 Å². The van der Waals surface area contributed by atoms with Crippen LogP contribution in [0.25, 0.3) is 10.8 Å². The lowest BCUT2D eigenvalue weighted by Crippen LogP contribution is -2.28. The Morgan fingerprint density at radius 2 is 1.79 bits per heavy atom. The first-order chi connectivity index (χ1) is 9.00. The van der Waals surface area contributed by atoms with Crippen molar-refractivity contribution in [3.63, 3.8) is 0 Å². The van der Waals surface area contributed by atoms with Crippen LogP contribution < -0.4 is 10.5 Å². The highest BCUT2D eigenvalue weighted by Crippen LogP contribution is 2.22. The number of fused-ring (bicyclic) bond motifs is 1. The summed E-state index contributed by atoms with van der Waals surface area (Å²) in [6.45, 7) is 0.000881. The van der Waals surface area contributed by atoms with Crippen molar-refractivity contribution in [1.82, 2.24) is 4.72 Å². The number of amides is 1. The van der Waals surface area contributed by atoms with Crippen molar-refractivity contribution in [3.05, 3.63) is 42.5 Å². The number of hydrogen-bond donors (Lipinski definition) is 2. The first kappa shape index (κ1) is 13.5. The fourth-order valence-corrected chi connectivity index (χ4v) is 3.08. The molecule has 0 heterocycles. The van der Waals surface area contributed by atoms with Gasteiger partial charge in [-0.1, -0.05) is 36.4 Å². The van der Waals surface area contributed by atoms with Crippen molar-refractivity contribution in [2.24, 2.45) is 5.73 Å². The number of sulfonamides is 1. The molecule has 0 aliphatic heterocycles. The van der Waals surface area contributed by atoms with E-state index in [0.29, 0.717) is 5.39 Å². The van der Waals surface area contributed by atoms with E-state index in [1.165, 1.54) is 6.07 Å². The zero-order valence-corrected chi connectivity index (χ0v) is 11.0. The number of carbonyl (C=O) groups excluding carboxylic acids is 1. The molecule has 0 fully saturated rings. The molecule has 1 amide bonds. The van der Waals surface area contributed by atoms with Gasteiger partial charge in [-0.15, -0.1) is 0 Å². The third kappa shape index (κ3) is 3.10. The predicted octanol–water partition coefficient (Wildman–Crippen LogP) is 0.993. The Morgan fingerprint density at radius 1 is 1.11 bits per heavy atom. The van der Waals surface area contributed by atoms with E-state index in [9.17, 15) is 13.2 Å². The average molecular weight is 278 g/mol. The van der Waals surface area contributed by atoms with Crippen LogP contribution in [-0.4, -0.2) is 20.9 Å². The van der Waals surface area contributed by atoms with Crippen LogP contribution in [0.3, 0.4) is 0 Å². The number of rotatable bonds is 5. The molecule has 0 aromatic heterocycles. The van der Waals surface area contributed by atoms with Gasteiger partial charge in [0.25, 0.3) is 0 Å². The van der Waals surface area contributed by atoms with Gasteiger partial charge in [0, 0.05) is 18.4 Å². The van der Waals surface area contributed by atoms with Gasteiger partial charge in [0.15, 0.2) is 0 Å². The Hall–Kier alpha value is -1.92. The summed E-state index contributed by atoms with van der Waals surface area (Å²) in [6.07, 6.45) is -0.0238. The average Bonchev–Trinajstić information content (AvgIpc) is 2.37. The summed E-state index contributed by atoms with van der Waals surface area (Å²) in [4.78, 5) is 10.8. The summed E-state index contributed by atoms with van der Waals surface area (Å²) in [5, 5.41) is 1.50. The molecule has 0 unspecified atom stereocenters. The van der Waals surface area contributed by atoms with Gasteiger partial charge in [0.1, 0.15) is 0 Å². The van der Waals surface area contributed by atoms with E-state index in [0.717, 1.165) is 5.39 Å². The Kier molecular flexibility index (Phi) is 3.82. The van der Waals surface area contributed by atoms with E-state index in [4.69, 9.17) is 5.73 Å². The van der Waals surface area contributed by atoms with Crippen molar-refractivity contribution in [3.8, 4) is 0 Å². The lowest BCUT2D eigenvalue weighted by molar-refractivity contribution is -0.117. The summed E-state index contributed by atoms with van der Waals surface area (Å²) in [7, 11) is -3.64. The molecule has 0 spiro atoms. The Labute approximate surface area is 111 Å². The lowest BCUT2D eigenvalue weighted by Gasteiger charge is -2.08. The normalized spacial score (nSPS) is 11.6. The summed E-state index contributed by atoms with van der Waals surface area (Å²) < 4.78 is 26.7. The van der Waals surface area contributed by atoms with Crippen molar-refractivity contribution in [2.75, 3.05) is 6.54 Å². The maximum atomic E-state index is 12.2. The molecule has 6 heteroatoms. The molecule has 5 nitrogen and oxygen atoms in total. The second kappa shape index (κ2) is 5.38. The molecule has 19 heavy (non-hydrogen) atoms.